The summed E-state index contributed by atoms with van der Waals surface area (Å²) in [7, 11) is 0. The van der Waals surface area contributed by atoms with E-state index in [4.69, 9.17) is 0 Å². The molecule has 1 heterocycles. The van der Waals surface area contributed by atoms with Gasteiger partial charge in [0.25, 0.3) is 0 Å². The Balaban J connectivity index is 2.63. The van der Waals surface area contributed by atoms with Gasteiger partial charge in [-0.15, -0.1) is 0 Å². The lowest BCUT2D eigenvalue weighted by molar-refractivity contribution is 1.45. The van der Waals surface area contributed by atoms with Crippen LogP contribution in [0.2, 0.25) is 0 Å². The number of fused-ring (bicyclic) bond motifs is 1. The quantitative estimate of drug-likeness (QED) is 0.490. The van der Waals surface area contributed by atoms with Gasteiger partial charge < -0.3 is 0 Å². The van der Waals surface area contributed by atoms with Crippen molar-refractivity contribution in [2.24, 2.45) is 0 Å². The largest absolute Gasteiger partial charge is 0.177 e. The second-order valence-corrected chi connectivity index (χ2v) is 2.78. The van der Waals surface area contributed by atoms with E-state index in [1.54, 1.807) is 11.8 Å². The molecule has 0 fully saturated rings. The van der Waals surface area contributed by atoms with E-state index in [1.165, 1.54) is 10.5 Å². The molecule has 0 bridgehead atoms. The lowest BCUT2D eigenvalue weighted by Gasteiger charge is -1.81. The molecule has 9 heavy (non-hydrogen) atoms. The standard InChI is InChI=1S/C8H5S/c1-2-4-8-7(3-1)5-6-9-8/h1-5H/q+1. The zero-order valence-electron chi connectivity index (χ0n) is 4.79. The molecule has 0 nitrogen and oxygen atoms in total. The zero-order valence-corrected chi connectivity index (χ0v) is 5.61. The van der Waals surface area contributed by atoms with Gasteiger partial charge in [-0.05, 0) is 12.1 Å². The highest BCUT2D eigenvalue weighted by atomic mass is 32.2. The van der Waals surface area contributed by atoms with E-state index in [9.17, 15) is 0 Å². The molecule has 0 aliphatic carbocycles. The summed E-state index contributed by atoms with van der Waals surface area (Å²) >= 11 is 1.66. The molecule has 0 N–H and O–H groups in total. The Hall–Kier alpha value is -0.780. The summed E-state index contributed by atoms with van der Waals surface area (Å²) in [6.45, 7) is 0. The van der Waals surface area contributed by atoms with Crippen molar-refractivity contribution in [1.29, 1.82) is 0 Å². The number of hydrogen-bond acceptors (Lipinski definition) is 1. The predicted molar refractivity (Wildman–Crippen MR) is 40.0 cm³/mol. The minimum absolute atomic E-state index is 1.29. The van der Waals surface area contributed by atoms with Crippen LogP contribution in [-0.2, 0) is 0 Å². The highest BCUT2D eigenvalue weighted by Crippen LogP contribution is 2.30. The highest BCUT2D eigenvalue weighted by Gasteiger charge is 2.15. The van der Waals surface area contributed by atoms with Crippen LogP contribution in [0.25, 0.3) is 6.08 Å². The molecule has 0 atom stereocenters. The van der Waals surface area contributed by atoms with Crippen molar-refractivity contribution in [2.75, 3.05) is 0 Å². The van der Waals surface area contributed by atoms with E-state index in [0.29, 0.717) is 0 Å². The van der Waals surface area contributed by atoms with Crippen LogP contribution in [0, 0.1) is 5.41 Å². The average molecular weight is 133 g/mol. The summed E-state index contributed by atoms with van der Waals surface area (Å²) in [5.74, 6) is 0. The van der Waals surface area contributed by atoms with Gasteiger partial charge in [-0.25, -0.2) is 0 Å². The Bertz CT molecular complexity index is 250. The maximum atomic E-state index is 3.08. The molecule has 1 aliphatic rings. The first-order valence-electron chi connectivity index (χ1n) is 2.81. The van der Waals surface area contributed by atoms with Gasteiger partial charge in [-0.3, -0.25) is 0 Å². The lowest BCUT2D eigenvalue weighted by atomic mass is 10.2. The van der Waals surface area contributed by atoms with E-state index in [1.807, 2.05) is 18.2 Å². The van der Waals surface area contributed by atoms with E-state index in [0.717, 1.165) is 0 Å². The van der Waals surface area contributed by atoms with E-state index in [2.05, 4.69) is 17.5 Å². The van der Waals surface area contributed by atoms with Crippen molar-refractivity contribution >= 4 is 17.8 Å². The van der Waals surface area contributed by atoms with Crippen molar-refractivity contribution in [1.82, 2.24) is 0 Å². The molecule has 0 amide bonds. The minimum Gasteiger partial charge on any atom is -0.0574 e. The number of rotatable bonds is 0. The number of hydrogen-bond donors (Lipinski definition) is 0. The lowest BCUT2D eigenvalue weighted by Crippen LogP contribution is -1.68. The maximum absolute atomic E-state index is 3.08. The van der Waals surface area contributed by atoms with Gasteiger partial charge in [0.2, 0.25) is 0 Å². The topological polar surface area (TPSA) is 0 Å². The second kappa shape index (κ2) is 1.87. The first-order valence-corrected chi connectivity index (χ1v) is 3.63. The van der Waals surface area contributed by atoms with Gasteiger partial charge in [0, 0.05) is 6.07 Å². The van der Waals surface area contributed by atoms with Crippen LogP contribution in [0.4, 0.5) is 0 Å². The summed E-state index contributed by atoms with van der Waals surface area (Å²) in [5, 5.41) is 3.08. The molecule has 0 saturated carbocycles. The van der Waals surface area contributed by atoms with Gasteiger partial charge >= 0.3 is 0 Å². The maximum Gasteiger partial charge on any atom is 0.177 e. The molecule has 0 spiro atoms. The molecule has 0 radical (unpaired) electrons. The third-order valence-electron chi connectivity index (χ3n) is 1.30. The van der Waals surface area contributed by atoms with E-state index in [-0.39, 0.29) is 0 Å². The van der Waals surface area contributed by atoms with Crippen LogP contribution >= 0.6 is 11.8 Å². The first-order chi connectivity index (χ1) is 4.47. The van der Waals surface area contributed by atoms with Crippen molar-refractivity contribution < 1.29 is 0 Å². The molecule has 1 aliphatic heterocycles. The first kappa shape index (κ1) is 5.04. The fourth-order valence-electron chi connectivity index (χ4n) is 0.849. The van der Waals surface area contributed by atoms with Gasteiger partial charge in [-0.2, -0.15) is 0 Å². The summed E-state index contributed by atoms with van der Waals surface area (Å²) in [6.07, 6.45) is 2.01. The van der Waals surface area contributed by atoms with Crippen LogP contribution in [-0.4, -0.2) is 0 Å². The number of benzene rings is 1. The molecule has 0 unspecified atom stereocenters. The monoisotopic (exact) mass is 133 g/mol. The molecule has 2 rings (SSSR count). The second-order valence-electron chi connectivity index (χ2n) is 1.90. The predicted octanol–water partition coefficient (Wildman–Crippen LogP) is 2.57. The Kier molecular flexibility index (Phi) is 1.05. The molecule has 42 valence electrons. The Morgan fingerprint density at radius 1 is 1.22 bits per heavy atom. The minimum atomic E-state index is 1.29. The third-order valence-corrected chi connectivity index (χ3v) is 2.13. The Labute approximate surface area is 58.6 Å². The fourth-order valence-corrected chi connectivity index (χ4v) is 1.55. The van der Waals surface area contributed by atoms with E-state index >= 15 is 0 Å². The van der Waals surface area contributed by atoms with Crippen LogP contribution in [0.1, 0.15) is 5.56 Å². The van der Waals surface area contributed by atoms with Gasteiger partial charge in [0.1, 0.15) is 15.9 Å². The van der Waals surface area contributed by atoms with Gasteiger partial charge in [0.05, 0.1) is 11.8 Å². The third kappa shape index (κ3) is 0.748. The molecule has 0 aromatic heterocycles. The van der Waals surface area contributed by atoms with Crippen molar-refractivity contribution in [3.8, 4) is 0 Å². The highest BCUT2D eigenvalue weighted by molar-refractivity contribution is 8.01. The average Bonchev–Trinajstić information content (AvgIpc) is 2.33. The smallest absolute Gasteiger partial charge is 0.0574 e. The summed E-state index contributed by atoms with van der Waals surface area (Å²) in [5.41, 5.74) is 1.29. The molecule has 1 heteroatoms. The SMILES string of the molecule is [C+]1=Cc2ccccc2S1. The van der Waals surface area contributed by atoms with Crippen molar-refractivity contribution in [2.45, 2.75) is 4.90 Å². The van der Waals surface area contributed by atoms with Crippen LogP contribution in [0.3, 0.4) is 0 Å². The van der Waals surface area contributed by atoms with Crippen molar-refractivity contribution in [3.05, 3.63) is 35.2 Å². The fraction of sp³-hybridized carbons (Fsp3) is 0. The summed E-state index contributed by atoms with van der Waals surface area (Å²) in [4.78, 5) is 1.32. The summed E-state index contributed by atoms with van der Waals surface area (Å²) in [6, 6.07) is 8.30. The van der Waals surface area contributed by atoms with Gasteiger partial charge in [-0.1, -0.05) is 6.07 Å². The molecule has 1 aromatic carbocycles. The normalized spacial score (nSPS) is 12.9. The summed E-state index contributed by atoms with van der Waals surface area (Å²) < 4.78 is 0. The van der Waals surface area contributed by atoms with Crippen LogP contribution in [0.15, 0.2) is 29.2 Å². The van der Waals surface area contributed by atoms with Crippen LogP contribution in [0.5, 0.6) is 0 Å². The molecular weight excluding hydrogens is 128 g/mol. The van der Waals surface area contributed by atoms with E-state index < -0.39 is 0 Å². The molecule has 0 saturated heterocycles. The Morgan fingerprint density at radius 3 is 3.00 bits per heavy atom. The van der Waals surface area contributed by atoms with Crippen LogP contribution < -0.4 is 0 Å². The zero-order chi connectivity index (χ0) is 6.10. The molecule has 1 aromatic rings. The number of thioether (sulfide) groups is 1. The molecular formula is C8H5S+. The Morgan fingerprint density at radius 2 is 2.11 bits per heavy atom. The van der Waals surface area contributed by atoms with Gasteiger partial charge in [0.15, 0.2) is 6.08 Å². The van der Waals surface area contributed by atoms with Crippen molar-refractivity contribution in [3.63, 3.8) is 0 Å².